The molecular weight excluding hydrogens is 288 g/mol. The van der Waals surface area contributed by atoms with Crippen molar-refractivity contribution >= 4 is 11.5 Å². The molecule has 0 atom stereocenters. The zero-order valence-corrected chi connectivity index (χ0v) is 14.3. The molecule has 0 radical (unpaired) electrons. The lowest BCUT2D eigenvalue weighted by molar-refractivity contribution is 0.845. The van der Waals surface area contributed by atoms with Crippen molar-refractivity contribution in [3.8, 4) is 0 Å². The summed E-state index contributed by atoms with van der Waals surface area (Å²) >= 11 is 0. The highest BCUT2D eigenvalue weighted by Gasteiger charge is 2.10. The van der Waals surface area contributed by atoms with Crippen LogP contribution in [0.5, 0.6) is 0 Å². The second-order valence-electron chi connectivity index (χ2n) is 5.97. The Hall–Kier alpha value is -2.50. The fourth-order valence-corrected chi connectivity index (χ4v) is 2.69. The molecule has 3 aromatic heterocycles. The number of hydrogen-bond acceptors (Lipinski definition) is 5. The normalized spacial score (nSPS) is 11.2. The molecule has 0 amide bonds. The molecule has 3 heterocycles. The minimum atomic E-state index is 0.749. The Bertz CT molecular complexity index is 845. The number of anilines is 1. The number of nitrogens with zero attached hydrogens (tertiary/aromatic N) is 5. The van der Waals surface area contributed by atoms with Crippen LogP contribution in [0, 0.1) is 34.6 Å². The summed E-state index contributed by atoms with van der Waals surface area (Å²) in [5.74, 6) is 1.82. The second kappa shape index (κ2) is 5.95. The Kier molecular flexibility index (Phi) is 3.98. The third-order valence-corrected chi connectivity index (χ3v) is 3.87. The molecule has 6 nitrogen and oxygen atoms in total. The summed E-state index contributed by atoms with van der Waals surface area (Å²) in [4.78, 5) is 13.5. The molecule has 120 valence electrons. The number of nitrogens with one attached hydrogen (secondary N) is 1. The third-order valence-electron chi connectivity index (χ3n) is 3.87. The van der Waals surface area contributed by atoms with Gasteiger partial charge in [-0.15, -0.1) is 0 Å². The minimum absolute atomic E-state index is 0.749. The summed E-state index contributed by atoms with van der Waals surface area (Å²) in [7, 11) is 0. The quantitative estimate of drug-likeness (QED) is 0.802. The Labute approximate surface area is 136 Å². The monoisotopic (exact) mass is 310 g/mol. The Morgan fingerprint density at radius 2 is 1.57 bits per heavy atom. The van der Waals surface area contributed by atoms with Crippen LogP contribution < -0.4 is 5.32 Å². The van der Waals surface area contributed by atoms with Gasteiger partial charge < -0.3 is 5.32 Å². The highest BCUT2D eigenvalue weighted by molar-refractivity contribution is 5.55. The van der Waals surface area contributed by atoms with Gasteiger partial charge in [0.2, 0.25) is 0 Å². The molecule has 0 aliphatic carbocycles. The molecule has 3 rings (SSSR count). The molecule has 0 fully saturated rings. The highest BCUT2D eigenvalue weighted by Crippen LogP contribution is 2.18. The molecule has 0 saturated heterocycles. The lowest BCUT2D eigenvalue weighted by Gasteiger charge is -2.09. The van der Waals surface area contributed by atoms with Gasteiger partial charge in [0.05, 0.1) is 5.69 Å². The molecule has 0 aromatic carbocycles. The molecule has 0 aliphatic rings. The van der Waals surface area contributed by atoms with Crippen molar-refractivity contribution in [3.63, 3.8) is 0 Å². The molecule has 0 bridgehead atoms. The van der Waals surface area contributed by atoms with Crippen LogP contribution in [0.15, 0.2) is 12.1 Å². The van der Waals surface area contributed by atoms with E-state index in [0.717, 1.165) is 58.6 Å². The van der Waals surface area contributed by atoms with E-state index in [9.17, 15) is 0 Å². The standard InChI is InChI=1S/C17H22N6/c1-10-8-11(2)20-15(19-10)6-7-18-16-9-12(3)21-17-13(4)14(5)22-23(16)17/h8-9,18H,6-7H2,1-5H3. The zero-order chi connectivity index (χ0) is 16.6. The van der Waals surface area contributed by atoms with Crippen LogP contribution in [0.25, 0.3) is 5.65 Å². The first-order chi connectivity index (χ1) is 10.9. The van der Waals surface area contributed by atoms with E-state index in [1.165, 1.54) is 0 Å². The molecule has 0 spiro atoms. The van der Waals surface area contributed by atoms with Crippen LogP contribution in [0.1, 0.15) is 34.2 Å². The van der Waals surface area contributed by atoms with Gasteiger partial charge in [0.1, 0.15) is 11.6 Å². The molecule has 6 heteroatoms. The Morgan fingerprint density at radius 1 is 0.913 bits per heavy atom. The van der Waals surface area contributed by atoms with Gasteiger partial charge in [-0.3, -0.25) is 0 Å². The maximum Gasteiger partial charge on any atom is 0.160 e. The summed E-state index contributed by atoms with van der Waals surface area (Å²) in [5, 5.41) is 8.00. The average Bonchev–Trinajstić information content (AvgIpc) is 2.74. The van der Waals surface area contributed by atoms with E-state index in [0.29, 0.717) is 0 Å². The average molecular weight is 310 g/mol. The smallest absolute Gasteiger partial charge is 0.160 e. The molecule has 23 heavy (non-hydrogen) atoms. The van der Waals surface area contributed by atoms with Crippen LogP contribution >= 0.6 is 0 Å². The van der Waals surface area contributed by atoms with Crippen molar-refractivity contribution < 1.29 is 0 Å². The van der Waals surface area contributed by atoms with E-state index in [1.807, 2.05) is 44.3 Å². The molecule has 0 saturated carbocycles. The Morgan fingerprint density at radius 3 is 2.26 bits per heavy atom. The van der Waals surface area contributed by atoms with Gasteiger partial charge in [0, 0.05) is 41.7 Å². The van der Waals surface area contributed by atoms with Crippen LogP contribution in [0.2, 0.25) is 0 Å². The van der Waals surface area contributed by atoms with Gasteiger partial charge in [0.25, 0.3) is 0 Å². The minimum Gasteiger partial charge on any atom is -0.369 e. The molecule has 3 aromatic rings. The maximum absolute atomic E-state index is 4.58. The van der Waals surface area contributed by atoms with Gasteiger partial charge in [-0.25, -0.2) is 15.0 Å². The first kappa shape index (κ1) is 15.4. The summed E-state index contributed by atoms with van der Waals surface area (Å²) in [6, 6.07) is 4.00. The summed E-state index contributed by atoms with van der Waals surface area (Å²) in [6.45, 7) is 10.8. The largest absolute Gasteiger partial charge is 0.369 e. The van der Waals surface area contributed by atoms with Crippen LogP contribution in [0.3, 0.4) is 0 Å². The van der Waals surface area contributed by atoms with E-state index >= 15 is 0 Å². The van der Waals surface area contributed by atoms with Crippen molar-refractivity contribution in [1.82, 2.24) is 24.6 Å². The van der Waals surface area contributed by atoms with E-state index in [4.69, 9.17) is 0 Å². The number of rotatable bonds is 4. The van der Waals surface area contributed by atoms with Crippen LogP contribution in [0.4, 0.5) is 5.82 Å². The van der Waals surface area contributed by atoms with E-state index in [1.54, 1.807) is 0 Å². The first-order valence-electron chi connectivity index (χ1n) is 7.82. The van der Waals surface area contributed by atoms with Gasteiger partial charge in [-0.05, 0) is 40.7 Å². The molecular formula is C17H22N6. The summed E-state index contributed by atoms with van der Waals surface area (Å²) in [6.07, 6.45) is 0.768. The van der Waals surface area contributed by atoms with Crippen molar-refractivity contribution in [2.45, 2.75) is 41.0 Å². The molecule has 0 aliphatic heterocycles. The zero-order valence-electron chi connectivity index (χ0n) is 14.3. The lowest BCUT2D eigenvalue weighted by Crippen LogP contribution is -2.12. The highest BCUT2D eigenvalue weighted by atomic mass is 15.3. The van der Waals surface area contributed by atoms with E-state index in [-0.39, 0.29) is 0 Å². The van der Waals surface area contributed by atoms with E-state index in [2.05, 4.69) is 32.3 Å². The topological polar surface area (TPSA) is 68.0 Å². The van der Waals surface area contributed by atoms with Crippen molar-refractivity contribution in [2.75, 3.05) is 11.9 Å². The molecule has 1 N–H and O–H groups in total. The van der Waals surface area contributed by atoms with Crippen molar-refractivity contribution in [2.24, 2.45) is 0 Å². The number of aromatic nitrogens is 5. The van der Waals surface area contributed by atoms with Crippen molar-refractivity contribution in [1.29, 1.82) is 0 Å². The van der Waals surface area contributed by atoms with E-state index < -0.39 is 0 Å². The maximum atomic E-state index is 4.58. The van der Waals surface area contributed by atoms with Crippen molar-refractivity contribution in [3.05, 3.63) is 46.3 Å². The fourth-order valence-electron chi connectivity index (χ4n) is 2.69. The Balaban J connectivity index is 1.80. The predicted octanol–water partition coefficient (Wildman–Crippen LogP) is 2.72. The van der Waals surface area contributed by atoms with Crippen LogP contribution in [-0.4, -0.2) is 31.1 Å². The summed E-state index contributed by atoms with van der Waals surface area (Å²) < 4.78 is 1.88. The third kappa shape index (κ3) is 3.16. The second-order valence-corrected chi connectivity index (χ2v) is 5.97. The SMILES string of the molecule is Cc1cc(C)nc(CCNc2cc(C)nc3c(C)c(C)nn23)n1. The van der Waals surface area contributed by atoms with Gasteiger partial charge >= 0.3 is 0 Å². The van der Waals surface area contributed by atoms with Gasteiger partial charge in [-0.1, -0.05) is 0 Å². The summed E-state index contributed by atoms with van der Waals surface area (Å²) in [5.41, 5.74) is 6.03. The van der Waals surface area contributed by atoms with Crippen LogP contribution in [-0.2, 0) is 6.42 Å². The molecule has 0 unspecified atom stereocenters. The fraction of sp³-hybridized carbons (Fsp3) is 0.412. The number of aryl methyl sites for hydroxylation is 5. The number of fused-ring (bicyclic) bond motifs is 1. The number of hydrogen-bond donors (Lipinski definition) is 1. The van der Waals surface area contributed by atoms with Gasteiger partial charge in [-0.2, -0.15) is 9.61 Å². The first-order valence-corrected chi connectivity index (χ1v) is 7.82. The predicted molar refractivity (Wildman–Crippen MR) is 90.9 cm³/mol. The van der Waals surface area contributed by atoms with Gasteiger partial charge in [0.15, 0.2) is 5.65 Å². The lowest BCUT2D eigenvalue weighted by atomic mass is 10.3.